The van der Waals surface area contributed by atoms with E-state index in [1.165, 1.54) is 13.2 Å². The highest BCUT2D eigenvalue weighted by Crippen LogP contribution is 2.58. The highest BCUT2D eigenvalue weighted by molar-refractivity contribution is 6.04. The van der Waals surface area contributed by atoms with Crippen LogP contribution in [0.3, 0.4) is 0 Å². The molecule has 0 saturated carbocycles. The molecule has 28 heavy (non-hydrogen) atoms. The lowest BCUT2D eigenvalue weighted by Crippen LogP contribution is -2.29. The van der Waals surface area contributed by atoms with Crippen molar-refractivity contribution in [1.29, 1.82) is 0 Å². The number of hydrogen-bond acceptors (Lipinski definition) is 6. The summed E-state index contributed by atoms with van der Waals surface area (Å²) in [6.07, 6.45) is 5.55. The van der Waals surface area contributed by atoms with Crippen molar-refractivity contribution in [2.45, 2.75) is 19.4 Å². The minimum Gasteiger partial charge on any atom is -0.493 e. The van der Waals surface area contributed by atoms with Crippen LogP contribution in [-0.4, -0.2) is 34.2 Å². The van der Waals surface area contributed by atoms with Crippen LogP contribution >= 0.6 is 0 Å². The number of hydrogen-bond donors (Lipinski definition) is 0. The van der Waals surface area contributed by atoms with Gasteiger partial charge in [-0.25, -0.2) is 0 Å². The van der Waals surface area contributed by atoms with Gasteiger partial charge in [-0.1, -0.05) is 13.0 Å². The third kappa shape index (κ3) is 2.93. The lowest BCUT2D eigenvalue weighted by Gasteiger charge is -2.31. The Hall–Kier alpha value is -2.89. The van der Waals surface area contributed by atoms with E-state index in [-0.39, 0.29) is 17.8 Å². The summed E-state index contributed by atoms with van der Waals surface area (Å²) in [4.78, 5) is 12.3. The van der Waals surface area contributed by atoms with Crippen LogP contribution in [-0.2, 0) is 14.3 Å². The number of rotatable bonds is 7. The van der Waals surface area contributed by atoms with Gasteiger partial charge in [0.15, 0.2) is 17.3 Å². The SMILES string of the molecule is C=CCC12C=C(OC)C(=O)C=C1OC(c1cc(OC)c(OC)c(OC)c1)C2C. The molecule has 1 saturated heterocycles. The lowest BCUT2D eigenvalue weighted by molar-refractivity contribution is -0.114. The third-order valence-corrected chi connectivity index (χ3v) is 5.59. The number of ketones is 1. The fraction of sp³-hybridized carbons (Fsp3) is 0.409. The summed E-state index contributed by atoms with van der Waals surface area (Å²) in [5.41, 5.74) is 0.382. The second-order valence-corrected chi connectivity index (χ2v) is 6.90. The zero-order valence-corrected chi connectivity index (χ0v) is 16.9. The molecule has 3 atom stereocenters. The second kappa shape index (κ2) is 7.62. The third-order valence-electron chi connectivity index (χ3n) is 5.59. The van der Waals surface area contributed by atoms with Gasteiger partial charge in [0.05, 0.1) is 33.9 Å². The Bertz CT molecular complexity index is 828. The summed E-state index contributed by atoms with van der Waals surface area (Å²) < 4.78 is 28.0. The van der Waals surface area contributed by atoms with Gasteiger partial charge in [0.2, 0.25) is 11.5 Å². The van der Waals surface area contributed by atoms with E-state index >= 15 is 0 Å². The van der Waals surface area contributed by atoms with Crippen LogP contribution in [0.25, 0.3) is 0 Å². The Morgan fingerprint density at radius 2 is 1.75 bits per heavy atom. The Balaban J connectivity index is 2.11. The van der Waals surface area contributed by atoms with Crippen LogP contribution in [0.15, 0.2) is 48.5 Å². The van der Waals surface area contributed by atoms with Crippen LogP contribution < -0.4 is 14.2 Å². The van der Waals surface area contributed by atoms with Crippen LogP contribution in [0, 0.1) is 11.3 Å². The van der Waals surface area contributed by atoms with Crippen LogP contribution in [0.4, 0.5) is 0 Å². The number of allylic oxidation sites excluding steroid dienone is 3. The zero-order chi connectivity index (χ0) is 20.5. The average molecular weight is 386 g/mol. The maximum Gasteiger partial charge on any atom is 0.223 e. The molecule has 1 heterocycles. The van der Waals surface area contributed by atoms with Gasteiger partial charge in [0.1, 0.15) is 11.9 Å². The number of carbonyl (C=O) groups excluding carboxylic acids is 1. The molecule has 2 aliphatic rings. The molecule has 0 bridgehead atoms. The Morgan fingerprint density at radius 3 is 2.25 bits per heavy atom. The average Bonchev–Trinajstić information content (AvgIpc) is 2.98. The molecule has 6 nitrogen and oxygen atoms in total. The van der Waals surface area contributed by atoms with E-state index in [9.17, 15) is 4.79 Å². The molecule has 3 unspecified atom stereocenters. The summed E-state index contributed by atoms with van der Waals surface area (Å²) in [6, 6.07) is 3.76. The number of benzene rings is 1. The van der Waals surface area contributed by atoms with E-state index in [2.05, 4.69) is 13.5 Å². The zero-order valence-electron chi connectivity index (χ0n) is 16.9. The predicted octanol–water partition coefficient (Wildman–Crippen LogP) is 3.98. The number of fused-ring (bicyclic) bond motifs is 1. The maximum atomic E-state index is 12.3. The summed E-state index contributed by atoms with van der Waals surface area (Å²) in [5, 5.41) is 0. The van der Waals surface area contributed by atoms with Gasteiger partial charge in [-0.2, -0.15) is 0 Å². The second-order valence-electron chi connectivity index (χ2n) is 6.90. The fourth-order valence-corrected chi connectivity index (χ4v) is 4.08. The first kappa shape index (κ1) is 19.9. The summed E-state index contributed by atoms with van der Waals surface area (Å²) >= 11 is 0. The van der Waals surface area contributed by atoms with E-state index in [0.29, 0.717) is 35.2 Å². The summed E-state index contributed by atoms with van der Waals surface area (Å²) in [7, 11) is 6.22. The standard InChI is InChI=1S/C22H26O6/c1-7-8-22-12-18(26-5)15(23)11-19(22)28-20(13(22)2)14-9-16(24-3)21(27-6)17(10-14)25-4/h7,9-13,20H,1,8H2,2-6H3. The summed E-state index contributed by atoms with van der Waals surface area (Å²) in [5.74, 6) is 2.40. The molecule has 0 N–H and O–H groups in total. The van der Waals surface area contributed by atoms with Crippen molar-refractivity contribution in [3.63, 3.8) is 0 Å². The van der Waals surface area contributed by atoms with Gasteiger partial charge < -0.3 is 23.7 Å². The van der Waals surface area contributed by atoms with Gasteiger partial charge in [0.25, 0.3) is 0 Å². The van der Waals surface area contributed by atoms with Gasteiger partial charge in [-0.15, -0.1) is 6.58 Å². The highest BCUT2D eigenvalue weighted by Gasteiger charge is 2.53. The first-order valence-electron chi connectivity index (χ1n) is 9.06. The number of ether oxygens (including phenoxy) is 5. The maximum absolute atomic E-state index is 12.3. The molecule has 1 aliphatic carbocycles. The van der Waals surface area contributed by atoms with Crippen molar-refractivity contribution in [3.8, 4) is 17.2 Å². The van der Waals surface area contributed by atoms with E-state index in [4.69, 9.17) is 23.7 Å². The largest absolute Gasteiger partial charge is 0.493 e. The quantitative estimate of drug-likeness (QED) is 0.661. The highest BCUT2D eigenvalue weighted by atomic mass is 16.5. The molecule has 6 heteroatoms. The van der Waals surface area contributed by atoms with E-state index in [0.717, 1.165) is 5.56 Å². The Kier molecular flexibility index (Phi) is 5.40. The minimum atomic E-state index is -0.494. The van der Waals surface area contributed by atoms with E-state index < -0.39 is 5.41 Å². The van der Waals surface area contributed by atoms with Gasteiger partial charge in [0, 0.05) is 17.6 Å². The Labute approximate surface area is 165 Å². The number of methoxy groups -OCH3 is 4. The summed E-state index contributed by atoms with van der Waals surface area (Å²) in [6.45, 7) is 5.99. The van der Waals surface area contributed by atoms with Crippen molar-refractivity contribution in [3.05, 3.63) is 54.0 Å². The normalized spacial score (nSPS) is 25.8. The molecule has 1 aliphatic heterocycles. The molecule has 3 rings (SSSR count). The molecule has 0 aromatic heterocycles. The van der Waals surface area contributed by atoms with E-state index in [1.54, 1.807) is 21.3 Å². The molecule has 0 amide bonds. The van der Waals surface area contributed by atoms with Crippen molar-refractivity contribution >= 4 is 5.78 Å². The predicted molar refractivity (Wildman–Crippen MR) is 105 cm³/mol. The molecular weight excluding hydrogens is 360 g/mol. The molecule has 1 aromatic carbocycles. The lowest BCUT2D eigenvalue weighted by atomic mass is 9.69. The van der Waals surface area contributed by atoms with Crippen molar-refractivity contribution < 1.29 is 28.5 Å². The van der Waals surface area contributed by atoms with Crippen molar-refractivity contribution in [1.82, 2.24) is 0 Å². The van der Waals surface area contributed by atoms with Gasteiger partial charge in [-0.05, 0) is 24.6 Å². The Morgan fingerprint density at radius 1 is 1.11 bits per heavy atom. The fourth-order valence-electron chi connectivity index (χ4n) is 4.08. The molecule has 1 aromatic rings. The van der Waals surface area contributed by atoms with Crippen LogP contribution in [0.5, 0.6) is 17.2 Å². The topological polar surface area (TPSA) is 63.2 Å². The van der Waals surface area contributed by atoms with Gasteiger partial charge in [-0.3, -0.25) is 4.79 Å². The molecule has 150 valence electrons. The molecule has 1 fully saturated rings. The van der Waals surface area contributed by atoms with Crippen LogP contribution in [0.1, 0.15) is 25.0 Å². The van der Waals surface area contributed by atoms with Gasteiger partial charge >= 0.3 is 0 Å². The molecular formula is C22H26O6. The first-order valence-corrected chi connectivity index (χ1v) is 9.06. The monoisotopic (exact) mass is 386 g/mol. The van der Waals surface area contributed by atoms with Crippen molar-refractivity contribution in [2.75, 3.05) is 28.4 Å². The smallest absolute Gasteiger partial charge is 0.223 e. The van der Waals surface area contributed by atoms with Crippen LogP contribution in [0.2, 0.25) is 0 Å². The minimum absolute atomic E-state index is 0.0119. The van der Waals surface area contributed by atoms with E-state index in [1.807, 2.05) is 24.3 Å². The first-order chi connectivity index (χ1) is 13.4. The number of carbonyl (C=O) groups is 1. The molecule has 0 radical (unpaired) electrons. The van der Waals surface area contributed by atoms with Crippen molar-refractivity contribution in [2.24, 2.45) is 11.3 Å². The molecule has 0 spiro atoms.